The van der Waals surface area contributed by atoms with E-state index < -0.39 is 5.97 Å². The highest BCUT2D eigenvalue weighted by molar-refractivity contribution is 5.90. The van der Waals surface area contributed by atoms with Crippen molar-refractivity contribution < 1.29 is 14.7 Å². The average Bonchev–Trinajstić information content (AvgIpc) is 2.14. The minimum absolute atomic E-state index is 0.107. The van der Waals surface area contributed by atoms with Crippen molar-refractivity contribution in [1.82, 2.24) is 0 Å². The number of nitrogen functional groups attached to an aromatic ring is 1. The van der Waals surface area contributed by atoms with Gasteiger partial charge in [0.1, 0.15) is 6.29 Å². The molecule has 72 valence electrons. The molecule has 1 rings (SSSR count). The first-order valence-corrected chi connectivity index (χ1v) is 3.89. The Hall–Kier alpha value is -2.10. The van der Waals surface area contributed by atoms with Gasteiger partial charge in [0.15, 0.2) is 0 Å². The molecule has 0 bridgehead atoms. The highest BCUT2D eigenvalue weighted by Crippen LogP contribution is 2.13. The first kappa shape index (κ1) is 9.98. The molecule has 0 aromatic heterocycles. The van der Waals surface area contributed by atoms with Crippen LogP contribution in [-0.4, -0.2) is 17.4 Å². The van der Waals surface area contributed by atoms with E-state index in [1.54, 1.807) is 6.07 Å². The van der Waals surface area contributed by atoms with Crippen LogP contribution in [0, 0.1) is 0 Å². The number of hydrogen-bond donors (Lipinski definition) is 2. The quantitative estimate of drug-likeness (QED) is 0.427. The fraction of sp³-hybridized carbons (Fsp3) is 0. The summed E-state index contributed by atoms with van der Waals surface area (Å²) in [6, 6.07) is 4.39. The first-order chi connectivity index (χ1) is 6.63. The van der Waals surface area contributed by atoms with Gasteiger partial charge in [-0.1, -0.05) is 6.08 Å². The zero-order valence-corrected chi connectivity index (χ0v) is 7.31. The molecule has 0 atom stereocenters. The van der Waals surface area contributed by atoms with E-state index in [1.807, 2.05) is 0 Å². The topological polar surface area (TPSA) is 80.4 Å². The normalized spacial score (nSPS) is 10.3. The summed E-state index contributed by atoms with van der Waals surface area (Å²) in [5.74, 6) is -1.04. The van der Waals surface area contributed by atoms with Crippen LogP contribution in [0.4, 0.5) is 5.69 Å². The molecule has 14 heavy (non-hydrogen) atoms. The first-order valence-electron chi connectivity index (χ1n) is 3.89. The van der Waals surface area contributed by atoms with Gasteiger partial charge in [0.05, 0.1) is 5.56 Å². The summed E-state index contributed by atoms with van der Waals surface area (Å²) < 4.78 is 0. The van der Waals surface area contributed by atoms with Crippen LogP contribution >= 0.6 is 0 Å². The van der Waals surface area contributed by atoms with Gasteiger partial charge in [-0.05, 0) is 29.8 Å². The van der Waals surface area contributed by atoms with Crippen LogP contribution in [0.1, 0.15) is 15.9 Å². The number of rotatable bonds is 3. The number of carbonyl (C=O) groups is 2. The molecule has 0 aliphatic rings. The molecule has 1 aromatic carbocycles. The van der Waals surface area contributed by atoms with Gasteiger partial charge in [0.2, 0.25) is 0 Å². The lowest BCUT2D eigenvalue weighted by Crippen LogP contribution is -1.98. The van der Waals surface area contributed by atoms with Crippen molar-refractivity contribution in [2.24, 2.45) is 0 Å². The Labute approximate surface area is 80.7 Å². The fourth-order valence-electron chi connectivity index (χ4n) is 1.05. The maximum absolute atomic E-state index is 10.6. The number of carboxylic acid groups (broad SMARTS) is 1. The summed E-state index contributed by atoms with van der Waals surface area (Å²) in [5.41, 5.74) is 6.54. The zero-order valence-electron chi connectivity index (χ0n) is 7.31. The Bertz CT molecular complexity index is 396. The molecule has 4 heteroatoms. The number of carbonyl (C=O) groups excluding carboxylic acids is 1. The highest BCUT2D eigenvalue weighted by Gasteiger charge is 2.03. The molecule has 0 saturated carbocycles. The maximum atomic E-state index is 10.6. The zero-order chi connectivity index (χ0) is 10.6. The summed E-state index contributed by atoms with van der Waals surface area (Å²) >= 11 is 0. The fourth-order valence-corrected chi connectivity index (χ4v) is 1.05. The summed E-state index contributed by atoms with van der Waals surface area (Å²) in [5, 5.41) is 8.71. The number of nitrogens with two attached hydrogens (primary N) is 1. The van der Waals surface area contributed by atoms with E-state index in [9.17, 15) is 9.59 Å². The number of aromatic carboxylic acids is 1. The van der Waals surface area contributed by atoms with Crippen LogP contribution < -0.4 is 5.73 Å². The van der Waals surface area contributed by atoms with Crippen LogP contribution in [0.5, 0.6) is 0 Å². The van der Waals surface area contributed by atoms with Crippen molar-refractivity contribution in [2.45, 2.75) is 0 Å². The van der Waals surface area contributed by atoms with Gasteiger partial charge >= 0.3 is 5.97 Å². The molecule has 0 aliphatic carbocycles. The number of allylic oxidation sites excluding steroid dienone is 1. The highest BCUT2D eigenvalue weighted by atomic mass is 16.4. The van der Waals surface area contributed by atoms with E-state index in [0.29, 0.717) is 17.5 Å². The monoisotopic (exact) mass is 191 g/mol. The maximum Gasteiger partial charge on any atom is 0.335 e. The second-order valence-electron chi connectivity index (χ2n) is 2.69. The molecule has 4 nitrogen and oxygen atoms in total. The van der Waals surface area contributed by atoms with Crippen molar-refractivity contribution >= 4 is 24.0 Å². The number of carboxylic acids is 1. The van der Waals surface area contributed by atoms with Gasteiger partial charge in [-0.2, -0.15) is 0 Å². The average molecular weight is 191 g/mol. The van der Waals surface area contributed by atoms with Crippen molar-refractivity contribution in [1.29, 1.82) is 0 Å². The minimum atomic E-state index is -1.04. The Morgan fingerprint density at radius 1 is 1.36 bits per heavy atom. The van der Waals surface area contributed by atoms with E-state index in [0.717, 1.165) is 0 Å². The lowest BCUT2D eigenvalue weighted by Gasteiger charge is -1.99. The summed E-state index contributed by atoms with van der Waals surface area (Å²) in [6.07, 6.45) is 3.39. The van der Waals surface area contributed by atoms with Gasteiger partial charge in [0, 0.05) is 5.69 Å². The molecule has 3 N–H and O–H groups in total. The standard InChI is InChI=1S/C10H9NO3/c11-9-5-7(2-1-3-12)4-8(6-9)10(13)14/h1-6H,11H2,(H,13,14). The van der Waals surface area contributed by atoms with Gasteiger partial charge in [0.25, 0.3) is 0 Å². The Kier molecular flexibility index (Phi) is 3.01. The molecule has 0 amide bonds. The summed E-state index contributed by atoms with van der Waals surface area (Å²) in [7, 11) is 0. The molecule has 1 aromatic rings. The van der Waals surface area contributed by atoms with E-state index >= 15 is 0 Å². The predicted octanol–water partition coefficient (Wildman–Crippen LogP) is 1.18. The molecule has 0 heterocycles. The third-order valence-electron chi connectivity index (χ3n) is 1.59. The third-order valence-corrected chi connectivity index (χ3v) is 1.59. The van der Waals surface area contributed by atoms with Crippen LogP contribution in [0.2, 0.25) is 0 Å². The van der Waals surface area contributed by atoms with Gasteiger partial charge in [-0.25, -0.2) is 4.79 Å². The lowest BCUT2D eigenvalue weighted by atomic mass is 10.1. The second kappa shape index (κ2) is 4.23. The number of anilines is 1. The van der Waals surface area contributed by atoms with Crippen LogP contribution in [0.15, 0.2) is 24.3 Å². The van der Waals surface area contributed by atoms with E-state index in [4.69, 9.17) is 10.8 Å². The van der Waals surface area contributed by atoms with Crippen molar-refractivity contribution in [3.63, 3.8) is 0 Å². The summed E-state index contributed by atoms with van der Waals surface area (Å²) in [6.45, 7) is 0. The minimum Gasteiger partial charge on any atom is -0.478 e. The second-order valence-corrected chi connectivity index (χ2v) is 2.69. The van der Waals surface area contributed by atoms with Crippen molar-refractivity contribution in [3.8, 4) is 0 Å². The van der Waals surface area contributed by atoms with E-state index in [1.165, 1.54) is 24.3 Å². The van der Waals surface area contributed by atoms with Gasteiger partial charge in [-0.3, -0.25) is 4.79 Å². The molecule has 0 saturated heterocycles. The van der Waals surface area contributed by atoms with Crippen molar-refractivity contribution in [2.75, 3.05) is 5.73 Å². The van der Waals surface area contributed by atoms with Crippen LogP contribution in [0.3, 0.4) is 0 Å². The SMILES string of the molecule is Nc1cc(C=CC=O)cc(C(=O)O)c1. The van der Waals surface area contributed by atoms with Gasteiger partial charge in [-0.15, -0.1) is 0 Å². The molecule has 0 fully saturated rings. The Balaban J connectivity index is 3.13. The lowest BCUT2D eigenvalue weighted by molar-refractivity contribution is -0.104. The van der Waals surface area contributed by atoms with Crippen LogP contribution in [-0.2, 0) is 4.79 Å². The van der Waals surface area contributed by atoms with Crippen LogP contribution in [0.25, 0.3) is 6.08 Å². The third kappa shape index (κ3) is 2.45. The van der Waals surface area contributed by atoms with E-state index in [2.05, 4.69) is 0 Å². The van der Waals surface area contributed by atoms with Crippen molar-refractivity contribution in [3.05, 3.63) is 35.4 Å². The Morgan fingerprint density at radius 2 is 2.07 bits per heavy atom. The number of aldehydes is 1. The Morgan fingerprint density at radius 3 is 2.64 bits per heavy atom. The molecule has 0 unspecified atom stereocenters. The summed E-state index contributed by atoms with van der Waals surface area (Å²) in [4.78, 5) is 20.7. The smallest absolute Gasteiger partial charge is 0.335 e. The molecular formula is C10H9NO3. The molecule has 0 spiro atoms. The molecular weight excluding hydrogens is 182 g/mol. The largest absolute Gasteiger partial charge is 0.478 e. The number of hydrogen-bond acceptors (Lipinski definition) is 3. The predicted molar refractivity (Wildman–Crippen MR) is 52.9 cm³/mol. The van der Waals surface area contributed by atoms with E-state index in [-0.39, 0.29) is 5.56 Å². The number of benzene rings is 1. The van der Waals surface area contributed by atoms with Gasteiger partial charge < -0.3 is 10.8 Å². The molecule has 0 radical (unpaired) electrons. The molecule has 0 aliphatic heterocycles.